The Labute approximate surface area is 180 Å². The molecule has 0 aliphatic heterocycles. The molecule has 0 fully saturated rings. The SMILES string of the molecule is Cc1cc(CC(=O)O)n(C)c1C(=O)c1ccc(Cl)cc1.NCCCCC(N)C(=O)O. The fourth-order valence-electron chi connectivity index (χ4n) is 2.85. The normalized spacial score (nSPS) is 11.4. The zero-order chi connectivity index (χ0) is 22.8. The van der Waals surface area contributed by atoms with Crippen molar-refractivity contribution in [3.63, 3.8) is 0 Å². The lowest BCUT2D eigenvalue weighted by Gasteiger charge is -2.07. The van der Waals surface area contributed by atoms with Crippen LogP contribution in [0.25, 0.3) is 0 Å². The van der Waals surface area contributed by atoms with E-state index >= 15 is 0 Å². The number of carbonyl (C=O) groups is 3. The zero-order valence-electron chi connectivity index (χ0n) is 17.1. The number of aryl methyl sites for hydroxylation is 1. The van der Waals surface area contributed by atoms with Crippen LogP contribution in [0.4, 0.5) is 0 Å². The van der Waals surface area contributed by atoms with Crippen LogP contribution >= 0.6 is 11.6 Å². The second kappa shape index (κ2) is 12.1. The van der Waals surface area contributed by atoms with Crippen LogP contribution in [0.15, 0.2) is 30.3 Å². The summed E-state index contributed by atoms with van der Waals surface area (Å²) in [5.74, 6) is -1.99. The van der Waals surface area contributed by atoms with Gasteiger partial charge in [0, 0.05) is 23.3 Å². The van der Waals surface area contributed by atoms with E-state index in [0.29, 0.717) is 34.9 Å². The summed E-state index contributed by atoms with van der Waals surface area (Å²) in [7, 11) is 1.70. The second-order valence-corrected chi connectivity index (χ2v) is 7.30. The number of aliphatic carboxylic acids is 2. The Morgan fingerprint density at radius 1 is 1.13 bits per heavy atom. The van der Waals surface area contributed by atoms with E-state index in [4.69, 9.17) is 33.3 Å². The van der Waals surface area contributed by atoms with E-state index in [1.165, 1.54) is 0 Å². The number of carboxylic acids is 2. The van der Waals surface area contributed by atoms with Gasteiger partial charge in [0.1, 0.15) is 6.04 Å². The monoisotopic (exact) mass is 437 g/mol. The number of carboxylic acid groups (broad SMARTS) is 2. The number of halogens is 1. The van der Waals surface area contributed by atoms with Crippen molar-refractivity contribution in [2.75, 3.05) is 6.54 Å². The van der Waals surface area contributed by atoms with Crippen molar-refractivity contribution in [3.05, 3.63) is 57.9 Å². The van der Waals surface area contributed by atoms with Crippen molar-refractivity contribution in [2.24, 2.45) is 18.5 Å². The number of ketones is 1. The van der Waals surface area contributed by atoms with Crippen LogP contribution in [0.5, 0.6) is 0 Å². The van der Waals surface area contributed by atoms with Gasteiger partial charge in [-0.2, -0.15) is 0 Å². The smallest absolute Gasteiger partial charge is 0.320 e. The van der Waals surface area contributed by atoms with E-state index in [0.717, 1.165) is 18.4 Å². The van der Waals surface area contributed by atoms with Crippen LogP contribution in [0.1, 0.15) is 46.6 Å². The van der Waals surface area contributed by atoms with Gasteiger partial charge < -0.3 is 26.2 Å². The Morgan fingerprint density at radius 2 is 1.73 bits per heavy atom. The largest absolute Gasteiger partial charge is 0.481 e. The molecule has 1 aromatic carbocycles. The number of nitrogens with two attached hydrogens (primary N) is 2. The number of hydrogen-bond acceptors (Lipinski definition) is 5. The third-order valence-corrected chi connectivity index (χ3v) is 4.72. The molecule has 6 N–H and O–H groups in total. The van der Waals surface area contributed by atoms with Crippen LogP contribution in [0.3, 0.4) is 0 Å². The Balaban J connectivity index is 0.000000382. The Bertz CT molecular complexity index is 878. The Kier molecular flexibility index (Phi) is 10.2. The van der Waals surface area contributed by atoms with Gasteiger partial charge in [0.05, 0.1) is 12.1 Å². The predicted octanol–water partition coefficient (Wildman–Crippen LogP) is 2.37. The van der Waals surface area contributed by atoms with Gasteiger partial charge in [-0.3, -0.25) is 14.4 Å². The molecule has 0 spiro atoms. The van der Waals surface area contributed by atoms with Crippen molar-refractivity contribution in [1.29, 1.82) is 0 Å². The third-order valence-electron chi connectivity index (χ3n) is 4.46. The van der Waals surface area contributed by atoms with Crippen LogP contribution in [-0.4, -0.2) is 45.1 Å². The summed E-state index contributed by atoms with van der Waals surface area (Å²) in [6.07, 6.45) is 2.06. The van der Waals surface area contributed by atoms with E-state index in [1.807, 2.05) is 0 Å². The second-order valence-electron chi connectivity index (χ2n) is 6.86. The van der Waals surface area contributed by atoms with Gasteiger partial charge in [-0.15, -0.1) is 0 Å². The number of hydrogen-bond donors (Lipinski definition) is 4. The quantitative estimate of drug-likeness (QED) is 0.347. The molecule has 1 unspecified atom stereocenters. The van der Waals surface area contributed by atoms with Crippen molar-refractivity contribution < 1.29 is 24.6 Å². The highest BCUT2D eigenvalue weighted by Gasteiger charge is 2.19. The summed E-state index contributed by atoms with van der Waals surface area (Å²) in [5.41, 5.74) is 12.8. The molecule has 2 rings (SSSR count). The lowest BCUT2D eigenvalue weighted by Crippen LogP contribution is -2.29. The van der Waals surface area contributed by atoms with Crippen molar-refractivity contribution in [1.82, 2.24) is 4.57 Å². The molecule has 1 heterocycles. The minimum absolute atomic E-state index is 0.106. The molecule has 1 atom stereocenters. The molecule has 0 amide bonds. The number of carbonyl (C=O) groups excluding carboxylic acids is 1. The fraction of sp³-hybridized carbons (Fsp3) is 0.381. The summed E-state index contributed by atoms with van der Waals surface area (Å²) >= 11 is 5.80. The minimum Gasteiger partial charge on any atom is -0.481 e. The third kappa shape index (κ3) is 7.62. The van der Waals surface area contributed by atoms with Gasteiger partial charge in [0.15, 0.2) is 0 Å². The molecule has 164 valence electrons. The number of aromatic nitrogens is 1. The highest BCUT2D eigenvalue weighted by atomic mass is 35.5. The number of rotatable bonds is 9. The topological polar surface area (TPSA) is 149 Å². The first-order valence-electron chi connectivity index (χ1n) is 9.44. The van der Waals surface area contributed by atoms with Gasteiger partial charge in [-0.05, 0) is 62.2 Å². The maximum absolute atomic E-state index is 12.5. The van der Waals surface area contributed by atoms with E-state index in [9.17, 15) is 14.4 Å². The van der Waals surface area contributed by atoms with Crippen LogP contribution in [0.2, 0.25) is 5.02 Å². The van der Waals surface area contributed by atoms with Gasteiger partial charge in [0.2, 0.25) is 5.78 Å². The van der Waals surface area contributed by atoms with Gasteiger partial charge in [0.25, 0.3) is 0 Å². The summed E-state index contributed by atoms with van der Waals surface area (Å²) in [4.78, 5) is 33.4. The van der Waals surface area contributed by atoms with Crippen molar-refractivity contribution in [2.45, 2.75) is 38.6 Å². The molecular weight excluding hydrogens is 410 g/mol. The molecule has 0 aliphatic rings. The molecule has 0 saturated carbocycles. The molecule has 8 nitrogen and oxygen atoms in total. The highest BCUT2D eigenvalue weighted by molar-refractivity contribution is 6.30. The minimum atomic E-state index is -0.933. The summed E-state index contributed by atoms with van der Waals surface area (Å²) in [6.45, 7) is 2.40. The lowest BCUT2D eigenvalue weighted by molar-refractivity contribution is -0.139. The van der Waals surface area contributed by atoms with Gasteiger partial charge in [-0.25, -0.2) is 0 Å². The molecular formula is C21H28ClN3O5. The molecule has 0 saturated heterocycles. The van der Waals surface area contributed by atoms with E-state index in [1.54, 1.807) is 48.9 Å². The lowest BCUT2D eigenvalue weighted by atomic mass is 10.1. The average molecular weight is 438 g/mol. The van der Waals surface area contributed by atoms with Crippen LogP contribution in [-0.2, 0) is 23.1 Å². The zero-order valence-corrected chi connectivity index (χ0v) is 17.9. The Hall–Kier alpha value is -2.68. The number of nitrogens with zero attached hydrogens (tertiary/aromatic N) is 1. The van der Waals surface area contributed by atoms with E-state index < -0.39 is 18.0 Å². The average Bonchev–Trinajstić information content (AvgIpc) is 2.95. The molecule has 1 aromatic heterocycles. The fourth-order valence-corrected chi connectivity index (χ4v) is 2.98. The number of benzene rings is 1. The first kappa shape index (κ1) is 25.4. The van der Waals surface area contributed by atoms with Gasteiger partial charge >= 0.3 is 11.9 Å². The molecule has 0 bridgehead atoms. The molecule has 0 radical (unpaired) electrons. The van der Waals surface area contributed by atoms with Gasteiger partial charge in [-0.1, -0.05) is 18.0 Å². The van der Waals surface area contributed by atoms with Crippen LogP contribution in [0, 0.1) is 6.92 Å². The maximum atomic E-state index is 12.5. The summed E-state index contributed by atoms with van der Waals surface area (Å²) in [5, 5.41) is 17.8. The molecule has 2 aromatic rings. The first-order chi connectivity index (χ1) is 14.1. The first-order valence-corrected chi connectivity index (χ1v) is 9.82. The van der Waals surface area contributed by atoms with E-state index in [2.05, 4.69) is 0 Å². The standard InChI is InChI=1S/C15H14ClNO3.C6H14N2O2/c1-9-7-12(8-13(18)19)17(2)14(9)15(20)10-3-5-11(16)6-4-10;7-4-2-1-3-5(8)6(9)10/h3-7H,8H2,1-2H3,(H,18,19);5H,1-4,7-8H2,(H,9,10). The predicted molar refractivity (Wildman–Crippen MR) is 115 cm³/mol. The summed E-state index contributed by atoms with van der Waals surface area (Å²) < 4.78 is 1.64. The number of unbranched alkanes of at least 4 members (excludes halogenated alkanes) is 1. The molecule has 30 heavy (non-hydrogen) atoms. The van der Waals surface area contributed by atoms with Crippen molar-refractivity contribution in [3.8, 4) is 0 Å². The summed E-state index contributed by atoms with van der Waals surface area (Å²) in [6, 6.07) is 7.65. The van der Waals surface area contributed by atoms with Crippen LogP contribution < -0.4 is 11.5 Å². The highest BCUT2D eigenvalue weighted by Crippen LogP contribution is 2.20. The molecule has 0 aliphatic carbocycles. The Morgan fingerprint density at radius 3 is 2.23 bits per heavy atom. The molecule has 9 heteroatoms. The van der Waals surface area contributed by atoms with E-state index in [-0.39, 0.29) is 12.2 Å². The van der Waals surface area contributed by atoms with Crippen molar-refractivity contribution >= 4 is 29.3 Å². The maximum Gasteiger partial charge on any atom is 0.320 e.